The van der Waals surface area contributed by atoms with Crippen molar-refractivity contribution in [1.29, 1.82) is 0 Å². The van der Waals surface area contributed by atoms with E-state index in [0.29, 0.717) is 12.6 Å². The van der Waals surface area contributed by atoms with Gasteiger partial charge in [0.15, 0.2) is 0 Å². The fourth-order valence-electron chi connectivity index (χ4n) is 1.79. The summed E-state index contributed by atoms with van der Waals surface area (Å²) in [7, 11) is 4.04. The number of hydrogen-bond donors (Lipinski definition) is 2. The third-order valence-corrected chi connectivity index (χ3v) is 2.67. The molecule has 4 heteroatoms. The van der Waals surface area contributed by atoms with Gasteiger partial charge in [-0.2, -0.15) is 0 Å². The van der Waals surface area contributed by atoms with Gasteiger partial charge in [0.25, 0.3) is 0 Å². The lowest BCUT2D eigenvalue weighted by Gasteiger charge is -2.18. The van der Waals surface area contributed by atoms with E-state index in [2.05, 4.69) is 22.5 Å². The summed E-state index contributed by atoms with van der Waals surface area (Å²) in [5.74, 6) is -0.00472. The lowest BCUT2D eigenvalue weighted by atomic mass is 10.2. The molecule has 0 radical (unpaired) electrons. The number of anilines is 1. The Hall–Kier alpha value is -1.39. The third-order valence-electron chi connectivity index (χ3n) is 2.67. The highest BCUT2D eigenvalue weighted by Crippen LogP contribution is 2.12. The summed E-state index contributed by atoms with van der Waals surface area (Å²) in [5, 5.41) is 6.10. The van der Waals surface area contributed by atoms with Crippen molar-refractivity contribution in [3.63, 3.8) is 0 Å². The summed E-state index contributed by atoms with van der Waals surface area (Å²) in [6, 6.07) is 8.07. The van der Waals surface area contributed by atoms with Crippen LogP contribution < -0.4 is 10.6 Å². The first kappa shape index (κ1) is 14.7. The van der Waals surface area contributed by atoms with E-state index < -0.39 is 0 Å². The maximum absolute atomic E-state index is 11.8. The van der Waals surface area contributed by atoms with Crippen molar-refractivity contribution >= 4 is 11.6 Å². The standard InChI is InChI=1S/C14H23N3O/c1-11-7-5-6-8-13(11)16-14(18)9-15-12(2)10-17(3)4/h5-8,12,15H,9-10H2,1-4H3,(H,16,18). The van der Waals surface area contributed by atoms with Crippen LogP contribution in [0.1, 0.15) is 12.5 Å². The second-order valence-corrected chi connectivity index (χ2v) is 4.91. The van der Waals surface area contributed by atoms with Crippen molar-refractivity contribution in [3.05, 3.63) is 29.8 Å². The molecule has 0 saturated heterocycles. The van der Waals surface area contributed by atoms with E-state index >= 15 is 0 Å². The van der Waals surface area contributed by atoms with Crippen LogP contribution in [0.3, 0.4) is 0 Å². The molecular weight excluding hydrogens is 226 g/mol. The van der Waals surface area contributed by atoms with Crippen LogP contribution in [0.15, 0.2) is 24.3 Å². The predicted molar refractivity (Wildman–Crippen MR) is 75.8 cm³/mol. The van der Waals surface area contributed by atoms with E-state index in [1.54, 1.807) is 0 Å². The summed E-state index contributed by atoms with van der Waals surface area (Å²) in [4.78, 5) is 13.9. The quantitative estimate of drug-likeness (QED) is 0.802. The second kappa shape index (κ2) is 7.13. The maximum Gasteiger partial charge on any atom is 0.238 e. The molecule has 0 aliphatic rings. The zero-order chi connectivity index (χ0) is 13.5. The average Bonchev–Trinajstić information content (AvgIpc) is 2.29. The first-order chi connectivity index (χ1) is 8.49. The molecule has 1 aromatic carbocycles. The van der Waals surface area contributed by atoms with Crippen molar-refractivity contribution in [2.75, 3.05) is 32.5 Å². The first-order valence-electron chi connectivity index (χ1n) is 6.22. The minimum absolute atomic E-state index is 0.00472. The van der Waals surface area contributed by atoms with Crippen LogP contribution in [0, 0.1) is 6.92 Å². The Labute approximate surface area is 109 Å². The Morgan fingerprint density at radius 1 is 1.33 bits per heavy atom. The molecule has 2 N–H and O–H groups in total. The maximum atomic E-state index is 11.8. The van der Waals surface area contributed by atoms with Crippen LogP contribution in [-0.2, 0) is 4.79 Å². The summed E-state index contributed by atoms with van der Waals surface area (Å²) < 4.78 is 0. The molecule has 1 rings (SSSR count). The zero-order valence-corrected chi connectivity index (χ0v) is 11.7. The molecule has 0 aromatic heterocycles. The van der Waals surface area contributed by atoms with Gasteiger partial charge in [0.2, 0.25) is 5.91 Å². The Morgan fingerprint density at radius 3 is 2.61 bits per heavy atom. The number of likely N-dealkylation sites (N-methyl/N-ethyl adjacent to an activating group) is 1. The summed E-state index contributed by atoms with van der Waals surface area (Å²) in [6.07, 6.45) is 0. The average molecular weight is 249 g/mol. The van der Waals surface area contributed by atoms with Gasteiger partial charge in [0.05, 0.1) is 6.54 Å². The third kappa shape index (κ3) is 5.29. The van der Waals surface area contributed by atoms with E-state index in [9.17, 15) is 4.79 Å². The Morgan fingerprint density at radius 2 is 2.00 bits per heavy atom. The van der Waals surface area contributed by atoms with Gasteiger partial charge in [-0.25, -0.2) is 0 Å². The monoisotopic (exact) mass is 249 g/mol. The van der Waals surface area contributed by atoms with Gasteiger partial charge in [0, 0.05) is 18.3 Å². The number of hydrogen-bond acceptors (Lipinski definition) is 3. The number of amides is 1. The second-order valence-electron chi connectivity index (χ2n) is 4.91. The Balaban J connectivity index is 2.36. The largest absolute Gasteiger partial charge is 0.325 e. The fraction of sp³-hybridized carbons (Fsp3) is 0.500. The smallest absolute Gasteiger partial charge is 0.238 e. The number of nitrogens with one attached hydrogen (secondary N) is 2. The van der Waals surface area contributed by atoms with Crippen LogP contribution in [0.2, 0.25) is 0 Å². The van der Waals surface area contributed by atoms with E-state index in [0.717, 1.165) is 17.8 Å². The van der Waals surface area contributed by atoms with Gasteiger partial charge in [-0.3, -0.25) is 4.79 Å². The normalized spacial score (nSPS) is 12.5. The topological polar surface area (TPSA) is 44.4 Å². The lowest BCUT2D eigenvalue weighted by molar-refractivity contribution is -0.115. The van der Waals surface area contributed by atoms with Gasteiger partial charge in [0.1, 0.15) is 0 Å². The SMILES string of the molecule is Cc1ccccc1NC(=O)CNC(C)CN(C)C. The van der Waals surface area contributed by atoms with Crippen LogP contribution in [0.5, 0.6) is 0 Å². The molecule has 1 amide bonds. The molecule has 0 fully saturated rings. The number of carbonyl (C=O) groups is 1. The zero-order valence-electron chi connectivity index (χ0n) is 11.7. The summed E-state index contributed by atoms with van der Waals surface area (Å²) >= 11 is 0. The fourth-order valence-corrected chi connectivity index (χ4v) is 1.79. The first-order valence-corrected chi connectivity index (χ1v) is 6.22. The number of carbonyl (C=O) groups excluding carboxylic acids is 1. The number of rotatable bonds is 6. The lowest BCUT2D eigenvalue weighted by Crippen LogP contribution is -2.40. The minimum atomic E-state index is -0.00472. The van der Waals surface area contributed by atoms with Crippen LogP contribution in [0.4, 0.5) is 5.69 Å². The highest BCUT2D eigenvalue weighted by Gasteiger charge is 2.07. The minimum Gasteiger partial charge on any atom is -0.325 e. The molecule has 0 aliphatic carbocycles. The van der Waals surface area contributed by atoms with Gasteiger partial charge in [-0.15, -0.1) is 0 Å². The number of para-hydroxylation sites is 1. The van der Waals surface area contributed by atoms with Crippen molar-refractivity contribution in [3.8, 4) is 0 Å². The van der Waals surface area contributed by atoms with Crippen molar-refractivity contribution in [2.24, 2.45) is 0 Å². The van der Waals surface area contributed by atoms with Crippen molar-refractivity contribution < 1.29 is 4.79 Å². The van der Waals surface area contributed by atoms with Crippen LogP contribution >= 0.6 is 0 Å². The summed E-state index contributed by atoms with van der Waals surface area (Å²) in [6.45, 7) is 5.31. The van der Waals surface area contributed by atoms with Gasteiger partial charge in [-0.05, 0) is 39.6 Å². The Kier molecular flexibility index (Phi) is 5.82. The molecule has 1 aromatic rings. The molecule has 1 unspecified atom stereocenters. The molecule has 18 heavy (non-hydrogen) atoms. The number of benzene rings is 1. The van der Waals surface area contributed by atoms with Crippen molar-refractivity contribution in [1.82, 2.24) is 10.2 Å². The van der Waals surface area contributed by atoms with E-state index in [1.807, 2.05) is 45.3 Å². The molecular formula is C14H23N3O. The van der Waals surface area contributed by atoms with Gasteiger partial charge < -0.3 is 15.5 Å². The highest BCUT2D eigenvalue weighted by molar-refractivity contribution is 5.92. The van der Waals surface area contributed by atoms with Gasteiger partial charge >= 0.3 is 0 Å². The van der Waals surface area contributed by atoms with Crippen LogP contribution in [0.25, 0.3) is 0 Å². The molecule has 0 saturated carbocycles. The highest BCUT2D eigenvalue weighted by atomic mass is 16.1. The molecule has 100 valence electrons. The summed E-state index contributed by atoms with van der Waals surface area (Å²) in [5.41, 5.74) is 1.96. The molecule has 0 bridgehead atoms. The molecule has 1 atom stereocenters. The van der Waals surface area contributed by atoms with E-state index in [1.165, 1.54) is 0 Å². The number of nitrogens with zero attached hydrogens (tertiary/aromatic N) is 1. The van der Waals surface area contributed by atoms with E-state index in [-0.39, 0.29) is 5.91 Å². The van der Waals surface area contributed by atoms with E-state index in [4.69, 9.17) is 0 Å². The van der Waals surface area contributed by atoms with Crippen LogP contribution in [-0.4, -0.2) is 44.0 Å². The number of aryl methyl sites for hydroxylation is 1. The predicted octanol–water partition coefficient (Wildman–Crippen LogP) is 1.47. The Bertz CT molecular complexity index is 390. The van der Waals surface area contributed by atoms with Gasteiger partial charge in [-0.1, -0.05) is 18.2 Å². The molecule has 0 spiro atoms. The molecule has 0 aliphatic heterocycles. The van der Waals surface area contributed by atoms with Crippen molar-refractivity contribution in [2.45, 2.75) is 19.9 Å². The molecule has 4 nitrogen and oxygen atoms in total. The molecule has 0 heterocycles.